The van der Waals surface area contributed by atoms with Gasteiger partial charge in [-0.3, -0.25) is 0 Å². The zero-order valence-electron chi connectivity index (χ0n) is 36.8. The number of hydrogen-bond acceptors (Lipinski definition) is 4. The molecule has 1 atom stereocenters. The number of nitrogens with zero attached hydrogens (tertiary/aromatic N) is 2. The minimum Gasteiger partial charge on any atom is -0.456 e. The Balaban J connectivity index is 1.01. The molecule has 0 saturated heterocycles. The Morgan fingerprint density at radius 2 is 1.04 bits per heavy atom. The van der Waals surface area contributed by atoms with Crippen molar-refractivity contribution in [1.82, 2.24) is 4.57 Å². The molecule has 2 aromatic heterocycles. The molecule has 320 valence electrons. The fourth-order valence-corrected chi connectivity index (χ4v) is 12.2. The predicted molar refractivity (Wildman–Crippen MR) is 274 cm³/mol. The lowest BCUT2D eigenvalue weighted by Gasteiger charge is -2.41. The number of benzene rings is 9. The summed E-state index contributed by atoms with van der Waals surface area (Å²) < 4.78 is 23.2. The van der Waals surface area contributed by atoms with Gasteiger partial charge >= 0.3 is 0 Å². The van der Waals surface area contributed by atoms with Crippen LogP contribution in [0.5, 0.6) is 23.0 Å². The summed E-state index contributed by atoms with van der Waals surface area (Å²) in [7, 11) is 0. The van der Waals surface area contributed by atoms with Gasteiger partial charge in [-0.1, -0.05) is 146 Å². The van der Waals surface area contributed by atoms with Gasteiger partial charge < -0.3 is 23.4 Å². The Labute approximate surface area is 392 Å². The Morgan fingerprint density at radius 3 is 1.76 bits per heavy atom. The predicted octanol–water partition coefficient (Wildman–Crippen LogP) is 16.7. The average molecular weight is 873 g/mol. The molecular weight excluding hydrogens is 833 g/mol. The van der Waals surface area contributed by atoms with Crippen molar-refractivity contribution in [1.29, 1.82) is 0 Å². The number of furan rings is 1. The second-order valence-corrected chi connectivity index (χ2v) is 18.3. The molecule has 1 spiro atoms. The van der Waals surface area contributed by atoms with Crippen molar-refractivity contribution in [3.63, 3.8) is 0 Å². The summed E-state index contributed by atoms with van der Waals surface area (Å²) in [6.45, 7) is 0. The highest BCUT2D eigenvalue weighted by Crippen LogP contribution is 2.64. The molecule has 68 heavy (non-hydrogen) atoms. The van der Waals surface area contributed by atoms with Crippen molar-refractivity contribution in [3.8, 4) is 34.1 Å². The first kappa shape index (κ1) is 37.4. The van der Waals surface area contributed by atoms with Gasteiger partial charge in [-0.2, -0.15) is 0 Å². The molecular formula is C63H40N2O3. The van der Waals surface area contributed by atoms with Crippen molar-refractivity contribution in [2.75, 3.05) is 4.90 Å². The van der Waals surface area contributed by atoms with Crippen LogP contribution in [0, 0.1) is 0 Å². The minimum absolute atomic E-state index is 0.143. The third-order valence-corrected chi connectivity index (χ3v) is 14.9. The van der Waals surface area contributed by atoms with Gasteiger partial charge in [0.2, 0.25) is 0 Å². The number of rotatable bonds is 4. The molecule has 3 aliphatic carbocycles. The van der Waals surface area contributed by atoms with Gasteiger partial charge in [-0.25, -0.2) is 0 Å². The van der Waals surface area contributed by atoms with Crippen molar-refractivity contribution >= 4 is 61.5 Å². The summed E-state index contributed by atoms with van der Waals surface area (Å²) in [5.74, 6) is 3.74. The second kappa shape index (κ2) is 14.1. The molecule has 0 saturated carbocycles. The van der Waals surface area contributed by atoms with E-state index in [-0.39, 0.29) is 6.04 Å². The molecule has 5 nitrogen and oxygen atoms in total. The number of allylic oxidation sites excluding steroid dienone is 3. The Bertz CT molecular complexity index is 3880. The maximum absolute atomic E-state index is 7.26. The Morgan fingerprint density at radius 1 is 0.456 bits per heavy atom. The molecule has 4 aliphatic rings. The van der Waals surface area contributed by atoms with E-state index in [1.807, 2.05) is 24.3 Å². The number of para-hydroxylation sites is 6. The Kier molecular flexibility index (Phi) is 7.76. The van der Waals surface area contributed by atoms with Gasteiger partial charge in [0.1, 0.15) is 11.3 Å². The van der Waals surface area contributed by atoms with E-state index in [9.17, 15) is 0 Å². The van der Waals surface area contributed by atoms with Gasteiger partial charge in [0.05, 0.1) is 11.5 Å². The van der Waals surface area contributed by atoms with Crippen LogP contribution < -0.4 is 14.4 Å². The second-order valence-electron chi connectivity index (χ2n) is 18.3. The molecule has 0 amide bonds. The maximum Gasteiger partial charge on any atom is 0.170 e. The van der Waals surface area contributed by atoms with Gasteiger partial charge in [0.25, 0.3) is 0 Å². The SMILES string of the molecule is C1=Cc2cc3c(cc2C2(C4=C1c1oc5ccccc5c1C(n1c5ccccc5c5cc(N(c6ccccc6)c6ccccc6)ccc51)C4)c1ccccc1-c1ccccc12)Oc1ccccc1O3. The van der Waals surface area contributed by atoms with E-state index in [0.29, 0.717) is 29.4 Å². The third kappa shape index (κ3) is 5.10. The molecule has 1 aliphatic heterocycles. The van der Waals surface area contributed by atoms with Crippen LogP contribution in [0.3, 0.4) is 0 Å². The lowest BCUT2D eigenvalue weighted by molar-refractivity contribution is 0.358. The van der Waals surface area contributed by atoms with E-state index >= 15 is 0 Å². The molecule has 0 radical (unpaired) electrons. The lowest BCUT2D eigenvalue weighted by atomic mass is 9.62. The highest BCUT2D eigenvalue weighted by atomic mass is 16.6. The van der Waals surface area contributed by atoms with Crippen LogP contribution >= 0.6 is 0 Å². The fourth-order valence-electron chi connectivity index (χ4n) is 12.2. The summed E-state index contributed by atoms with van der Waals surface area (Å²) in [5.41, 5.74) is 16.6. The molecule has 15 rings (SSSR count). The van der Waals surface area contributed by atoms with E-state index < -0.39 is 5.41 Å². The van der Waals surface area contributed by atoms with E-state index in [4.69, 9.17) is 13.9 Å². The normalized spacial score (nSPS) is 15.7. The highest BCUT2D eigenvalue weighted by Gasteiger charge is 2.53. The van der Waals surface area contributed by atoms with Gasteiger partial charge in [0.15, 0.2) is 23.0 Å². The van der Waals surface area contributed by atoms with Crippen LogP contribution in [-0.4, -0.2) is 4.57 Å². The van der Waals surface area contributed by atoms with Gasteiger partial charge in [0, 0.05) is 55.4 Å². The maximum atomic E-state index is 7.26. The minimum atomic E-state index is -0.719. The molecule has 9 aromatic carbocycles. The van der Waals surface area contributed by atoms with E-state index in [2.05, 4.69) is 210 Å². The smallest absolute Gasteiger partial charge is 0.170 e. The summed E-state index contributed by atoms with van der Waals surface area (Å²) in [6.07, 6.45) is 5.30. The first-order valence-electron chi connectivity index (χ1n) is 23.4. The van der Waals surface area contributed by atoms with Crippen molar-refractivity contribution in [2.45, 2.75) is 17.9 Å². The molecule has 3 heterocycles. The summed E-state index contributed by atoms with van der Waals surface area (Å²) >= 11 is 0. The molecule has 0 fully saturated rings. The highest BCUT2D eigenvalue weighted by molar-refractivity contribution is 6.10. The number of hydrogen-bond donors (Lipinski definition) is 0. The van der Waals surface area contributed by atoms with Crippen LogP contribution in [0.25, 0.3) is 55.6 Å². The average Bonchev–Trinajstić information content (AvgIpc) is 4.01. The molecule has 0 bridgehead atoms. The van der Waals surface area contributed by atoms with Crippen LogP contribution in [0.1, 0.15) is 46.0 Å². The summed E-state index contributed by atoms with van der Waals surface area (Å²) in [5, 5.41) is 3.54. The number of fused-ring (bicyclic) bond motifs is 17. The Hall–Kier alpha value is -8.80. The quantitative estimate of drug-likeness (QED) is 0.177. The van der Waals surface area contributed by atoms with Crippen LogP contribution in [0.15, 0.2) is 228 Å². The molecule has 1 unspecified atom stereocenters. The largest absolute Gasteiger partial charge is 0.456 e. The third-order valence-electron chi connectivity index (χ3n) is 14.9. The zero-order valence-corrected chi connectivity index (χ0v) is 36.8. The number of anilines is 3. The lowest BCUT2D eigenvalue weighted by Crippen LogP contribution is -2.34. The number of aromatic nitrogens is 1. The topological polar surface area (TPSA) is 39.8 Å². The first-order chi connectivity index (χ1) is 33.7. The molecule has 5 heteroatoms. The van der Waals surface area contributed by atoms with Crippen molar-refractivity contribution in [2.24, 2.45) is 0 Å². The van der Waals surface area contributed by atoms with E-state index in [1.54, 1.807) is 0 Å². The monoisotopic (exact) mass is 872 g/mol. The van der Waals surface area contributed by atoms with E-state index in [1.165, 1.54) is 55.2 Å². The standard InChI is InChI=1S/C63H40N2O3/c1-3-17-40(18-4-1)64(41-19-5-2-6-20-41)42-32-34-54-48(36-42)45-23-9-13-27-53(45)65(54)55-37-52-46(62-61(55)47-24-10-14-28-56(47)68-62)33-31-39-35-59-60(67-58-30-16-15-29-57(58)66-59)38-51(39)63(52)49-25-11-7-21-43(49)44-22-8-12-26-50(44)63/h1-36,38,55H,37H2. The van der Waals surface area contributed by atoms with Crippen molar-refractivity contribution in [3.05, 3.63) is 258 Å². The van der Waals surface area contributed by atoms with Gasteiger partial charge in [-0.05, 0) is 124 Å². The van der Waals surface area contributed by atoms with Crippen LogP contribution in [-0.2, 0) is 5.41 Å². The van der Waals surface area contributed by atoms with Gasteiger partial charge in [-0.15, -0.1) is 0 Å². The summed E-state index contributed by atoms with van der Waals surface area (Å²) in [4.78, 5) is 2.35. The first-order valence-corrected chi connectivity index (χ1v) is 23.4. The fraction of sp³-hybridized carbons (Fsp3) is 0.0476. The summed E-state index contributed by atoms with van der Waals surface area (Å²) in [6, 6.07) is 76.1. The number of ether oxygens (including phenoxy) is 2. The van der Waals surface area contributed by atoms with E-state index in [0.717, 1.165) is 50.5 Å². The zero-order chi connectivity index (χ0) is 44.5. The molecule has 0 N–H and O–H groups in total. The van der Waals surface area contributed by atoms with Crippen molar-refractivity contribution < 1.29 is 13.9 Å². The molecule has 11 aromatic rings. The van der Waals surface area contributed by atoms with Crippen LogP contribution in [0.2, 0.25) is 0 Å². The van der Waals surface area contributed by atoms with Crippen LogP contribution in [0.4, 0.5) is 17.1 Å².